The molecule has 0 aromatic heterocycles. The highest BCUT2D eigenvalue weighted by molar-refractivity contribution is 7.89. The number of hydrogen-bond donors (Lipinski definition) is 2. The van der Waals surface area contributed by atoms with Gasteiger partial charge < -0.3 is 10.1 Å². The zero-order valence-corrected chi connectivity index (χ0v) is 15.8. The fourth-order valence-electron chi connectivity index (χ4n) is 1.95. The van der Waals surface area contributed by atoms with Gasteiger partial charge in [0.15, 0.2) is 0 Å². The molecule has 11 heteroatoms. The second-order valence-corrected chi connectivity index (χ2v) is 9.63. The van der Waals surface area contributed by atoms with Gasteiger partial charge >= 0.3 is 0 Å². The molecule has 0 unspecified atom stereocenters. The van der Waals surface area contributed by atoms with Crippen LogP contribution in [0, 0.1) is 0 Å². The summed E-state index contributed by atoms with van der Waals surface area (Å²) in [5, 5.41) is 2.48. The smallest absolute Gasteiger partial charge is 0.240 e. The van der Waals surface area contributed by atoms with E-state index >= 15 is 0 Å². The summed E-state index contributed by atoms with van der Waals surface area (Å²) in [7, 11) is -4.55. The van der Waals surface area contributed by atoms with Gasteiger partial charge in [-0.2, -0.15) is 4.31 Å². The zero-order valence-electron chi connectivity index (χ0n) is 14.1. The number of hydrogen-bond acceptors (Lipinski definition) is 6. The van der Waals surface area contributed by atoms with Crippen molar-refractivity contribution >= 4 is 31.6 Å². The molecule has 1 aliphatic rings. The van der Waals surface area contributed by atoms with E-state index in [9.17, 15) is 21.6 Å². The molecule has 140 valence electrons. The number of amides is 1. The minimum atomic E-state index is -3.69. The summed E-state index contributed by atoms with van der Waals surface area (Å²) in [6.07, 6.45) is 2.59. The van der Waals surface area contributed by atoms with Crippen LogP contribution in [-0.4, -0.2) is 60.0 Å². The summed E-state index contributed by atoms with van der Waals surface area (Å²) in [6.45, 7) is -0.403. The van der Waals surface area contributed by atoms with E-state index in [4.69, 9.17) is 4.74 Å². The molecule has 0 aliphatic heterocycles. The van der Waals surface area contributed by atoms with Crippen LogP contribution in [-0.2, 0) is 24.8 Å². The highest BCUT2D eigenvalue weighted by atomic mass is 32.2. The molecule has 2 rings (SSSR count). The first-order valence-corrected chi connectivity index (χ1v) is 10.8. The molecule has 1 amide bonds. The Morgan fingerprint density at radius 3 is 2.44 bits per heavy atom. The predicted octanol–water partition coefficient (Wildman–Crippen LogP) is -0.0342. The van der Waals surface area contributed by atoms with Gasteiger partial charge in [0.2, 0.25) is 26.0 Å². The van der Waals surface area contributed by atoms with Crippen LogP contribution < -0.4 is 14.8 Å². The van der Waals surface area contributed by atoms with Gasteiger partial charge in [0.25, 0.3) is 0 Å². The van der Waals surface area contributed by atoms with Crippen molar-refractivity contribution in [3.63, 3.8) is 0 Å². The molecule has 1 aliphatic carbocycles. The summed E-state index contributed by atoms with van der Waals surface area (Å²) < 4.78 is 55.8. The molecule has 25 heavy (non-hydrogen) atoms. The average molecular weight is 391 g/mol. The number of likely N-dealkylation sites (N-methyl/N-ethyl adjacent to an activating group) is 1. The van der Waals surface area contributed by atoms with Crippen molar-refractivity contribution in [1.82, 2.24) is 9.03 Å². The molecule has 0 atom stereocenters. The van der Waals surface area contributed by atoms with E-state index in [1.807, 2.05) is 0 Å². The third-order valence-electron chi connectivity index (χ3n) is 3.59. The van der Waals surface area contributed by atoms with Crippen molar-refractivity contribution in [2.45, 2.75) is 23.8 Å². The molecule has 9 nitrogen and oxygen atoms in total. The standard InChI is InChI=1S/C14H21N3O6S2/c1-17(24(3,19)20)9-14(18)15-12-8-11(6-7-13(12)23-2)25(21,22)16-10-4-5-10/h6-8,10,16H,4-5,9H2,1-3H3,(H,15,18). The number of anilines is 1. The zero-order chi connectivity index (χ0) is 18.8. The summed E-state index contributed by atoms with van der Waals surface area (Å²) >= 11 is 0. The molecule has 1 fully saturated rings. The van der Waals surface area contributed by atoms with Crippen LogP contribution in [0.3, 0.4) is 0 Å². The molecule has 1 saturated carbocycles. The van der Waals surface area contributed by atoms with Crippen LogP contribution in [0.25, 0.3) is 0 Å². The molecule has 0 saturated heterocycles. The summed E-state index contributed by atoms with van der Waals surface area (Å²) in [5.41, 5.74) is 0.146. The average Bonchev–Trinajstić information content (AvgIpc) is 3.29. The van der Waals surface area contributed by atoms with Gasteiger partial charge in [-0.1, -0.05) is 0 Å². The first kappa shape index (κ1) is 19.6. The van der Waals surface area contributed by atoms with Gasteiger partial charge in [0, 0.05) is 13.1 Å². The van der Waals surface area contributed by atoms with Crippen LogP contribution in [0.5, 0.6) is 5.75 Å². The van der Waals surface area contributed by atoms with Gasteiger partial charge in [-0.25, -0.2) is 21.6 Å². The Labute approximate surface area is 147 Å². The van der Waals surface area contributed by atoms with Crippen molar-refractivity contribution in [3.05, 3.63) is 18.2 Å². The lowest BCUT2D eigenvalue weighted by Crippen LogP contribution is -2.34. The maximum Gasteiger partial charge on any atom is 0.240 e. The van der Waals surface area contributed by atoms with Crippen LogP contribution in [0.4, 0.5) is 5.69 Å². The van der Waals surface area contributed by atoms with E-state index in [-0.39, 0.29) is 22.4 Å². The van der Waals surface area contributed by atoms with Gasteiger partial charge in [-0.3, -0.25) is 4.79 Å². The maximum absolute atomic E-state index is 12.3. The van der Waals surface area contributed by atoms with E-state index in [0.717, 1.165) is 23.4 Å². The minimum Gasteiger partial charge on any atom is -0.495 e. The summed E-state index contributed by atoms with van der Waals surface area (Å²) in [4.78, 5) is 12.0. The number of sulfonamides is 2. The van der Waals surface area contributed by atoms with Crippen LogP contribution >= 0.6 is 0 Å². The van der Waals surface area contributed by atoms with Crippen molar-refractivity contribution in [2.75, 3.05) is 32.3 Å². The Morgan fingerprint density at radius 2 is 1.92 bits per heavy atom. The molecule has 0 bridgehead atoms. The van der Waals surface area contributed by atoms with Crippen LogP contribution in [0.15, 0.2) is 23.1 Å². The first-order valence-electron chi connectivity index (χ1n) is 7.44. The number of nitrogens with one attached hydrogen (secondary N) is 2. The van der Waals surface area contributed by atoms with E-state index in [0.29, 0.717) is 0 Å². The minimum absolute atomic E-state index is 0.00744. The molecule has 1 aromatic carbocycles. The number of ether oxygens (including phenoxy) is 1. The van der Waals surface area contributed by atoms with E-state index in [2.05, 4.69) is 10.0 Å². The number of benzene rings is 1. The van der Waals surface area contributed by atoms with Crippen LogP contribution in [0.2, 0.25) is 0 Å². The Balaban J connectivity index is 2.20. The lowest BCUT2D eigenvalue weighted by Gasteiger charge is -2.16. The van der Waals surface area contributed by atoms with Gasteiger partial charge in [0.05, 0.1) is 30.5 Å². The van der Waals surface area contributed by atoms with Gasteiger partial charge in [-0.15, -0.1) is 0 Å². The molecule has 0 radical (unpaired) electrons. The van der Waals surface area contributed by atoms with Crippen molar-refractivity contribution in [1.29, 1.82) is 0 Å². The van der Waals surface area contributed by atoms with E-state index in [1.165, 1.54) is 32.4 Å². The normalized spacial score (nSPS) is 15.2. The van der Waals surface area contributed by atoms with Crippen molar-refractivity contribution < 1.29 is 26.4 Å². The number of rotatable bonds is 8. The molecular formula is C14H21N3O6S2. The number of nitrogens with zero attached hydrogens (tertiary/aromatic N) is 1. The van der Waals surface area contributed by atoms with Gasteiger partial charge in [-0.05, 0) is 31.0 Å². The second-order valence-electron chi connectivity index (χ2n) is 5.82. The Bertz CT molecular complexity index is 863. The fraction of sp³-hybridized carbons (Fsp3) is 0.500. The maximum atomic E-state index is 12.3. The van der Waals surface area contributed by atoms with E-state index in [1.54, 1.807) is 0 Å². The van der Waals surface area contributed by atoms with Gasteiger partial charge in [0.1, 0.15) is 5.75 Å². The third-order valence-corrected chi connectivity index (χ3v) is 6.37. The highest BCUT2D eigenvalue weighted by Gasteiger charge is 2.28. The Hall–Kier alpha value is -1.69. The largest absolute Gasteiger partial charge is 0.495 e. The molecule has 0 spiro atoms. The Morgan fingerprint density at radius 1 is 1.28 bits per heavy atom. The molecule has 2 N–H and O–H groups in total. The number of methoxy groups -OCH3 is 1. The summed E-state index contributed by atoms with van der Waals surface area (Å²) in [6, 6.07) is 4.04. The monoisotopic (exact) mass is 391 g/mol. The molecule has 0 heterocycles. The highest BCUT2D eigenvalue weighted by Crippen LogP contribution is 2.29. The lowest BCUT2D eigenvalue weighted by atomic mass is 10.3. The molecule has 1 aromatic rings. The lowest BCUT2D eigenvalue weighted by molar-refractivity contribution is -0.116. The second kappa shape index (κ2) is 7.28. The Kier molecular flexibility index (Phi) is 5.72. The fourth-order valence-corrected chi connectivity index (χ4v) is 3.63. The molecular weight excluding hydrogens is 370 g/mol. The summed E-state index contributed by atoms with van der Waals surface area (Å²) in [5.74, 6) is -0.350. The quantitative estimate of drug-likeness (QED) is 0.642. The van der Waals surface area contributed by atoms with Crippen molar-refractivity contribution in [3.8, 4) is 5.75 Å². The predicted molar refractivity (Wildman–Crippen MR) is 92.4 cm³/mol. The van der Waals surface area contributed by atoms with Crippen LogP contribution in [0.1, 0.15) is 12.8 Å². The number of carbonyl (C=O) groups excluding carboxylic acids is 1. The topological polar surface area (TPSA) is 122 Å². The number of carbonyl (C=O) groups is 1. The van der Waals surface area contributed by atoms with Crippen molar-refractivity contribution in [2.24, 2.45) is 0 Å². The first-order chi connectivity index (χ1) is 11.5. The SMILES string of the molecule is COc1ccc(S(=O)(=O)NC2CC2)cc1NC(=O)CN(C)S(C)(=O)=O. The third kappa shape index (κ3) is 5.39. The van der Waals surface area contributed by atoms with E-state index < -0.39 is 32.5 Å².